The molecule has 19 heavy (non-hydrogen) atoms. The van der Waals surface area contributed by atoms with Crippen LogP contribution >= 0.6 is 15.9 Å². The maximum absolute atomic E-state index is 5.80. The molecule has 0 aliphatic heterocycles. The Bertz CT molecular complexity index is 528. The largest absolute Gasteiger partial charge is 0.457 e. The van der Waals surface area contributed by atoms with E-state index in [1.54, 1.807) is 0 Å². The molecular formula is C16H18BrNO. The normalized spacial score (nSPS) is 12.2. The molecule has 2 rings (SSSR count). The molecule has 3 heteroatoms. The lowest BCUT2D eigenvalue weighted by Gasteiger charge is -2.15. The van der Waals surface area contributed by atoms with Crippen molar-refractivity contribution in [2.45, 2.75) is 19.9 Å². The number of para-hydroxylation sites is 1. The summed E-state index contributed by atoms with van der Waals surface area (Å²) in [4.78, 5) is 0. The maximum atomic E-state index is 5.80. The molecule has 0 bridgehead atoms. The van der Waals surface area contributed by atoms with E-state index in [-0.39, 0.29) is 0 Å². The van der Waals surface area contributed by atoms with E-state index in [1.165, 1.54) is 5.56 Å². The van der Waals surface area contributed by atoms with E-state index in [2.05, 4.69) is 41.2 Å². The maximum Gasteiger partial charge on any atom is 0.128 e. The monoisotopic (exact) mass is 319 g/mol. The molecule has 1 atom stereocenters. The Morgan fingerprint density at radius 3 is 2.47 bits per heavy atom. The summed E-state index contributed by atoms with van der Waals surface area (Å²) < 4.78 is 6.87. The van der Waals surface area contributed by atoms with Crippen LogP contribution in [0.4, 0.5) is 0 Å². The molecule has 0 saturated carbocycles. The first-order valence-electron chi connectivity index (χ1n) is 6.46. The lowest BCUT2D eigenvalue weighted by molar-refractivity contribution is 0.481. The lowest BCUT2D eigenvalue weighted by atomic mass is 10.1. The summed E-state index contributed by atoms with van der Waals surface area (Å²) in [6, 6.07) is 16.2. The molecule has 0 radical (unpaired) electrons. The van der Waals surface area contributed by atoms with Crippen molar-refractivity contribution in [3.63, 3.8) is 0 Å². The Hall–Kier alpha value is -1.32. The third-order valence-corrected chi connectivity index (χ3v) is 3.61. The average Bonchev–Trinajstić information content (AvgIpc) is 2.40. The van der Waals surface area contributed by atoms with Gasteiger partial charge in [0.05, 0.1) is 0 Å². The molecule has 0 spiro atoms. The Labute approximate surface area is 122 Å². The van der Waals surface area contributed by atoms with Gasteiger partial charge in [0, 0.05) is 10.5 Å². The van der Waals surface area contributed by atoms with Crippen molar-refractivity contribution in [1.82, 2.24) is 5.32 Å². The highest BCUT2D eigenvalue weighted by Crippen LogP contribution is 2.30. The van der Waals surface area contributed by atoms with Crippen molar-refractivity contribution >= 4 is 15.9 Å². The predicted molar refractivity (Wildman–Crippen MR) is 82.7 cm³/mol. The summed E-state index contributed by atoms with van der Waals surface area (Å²) >= 11 is 3.61. The number of hydrogen-bond acceptors (Lipinski definition) is 2. The van der Waals surface area contributed by atoms with E-state index in [4.69, 9.17) is 4.74 Å². The fourth-order valence-corrected chi connectivity index (χ4v) is 2.66. The van der Waals surface area contributed by atoms with Crippen LogP contribution in [0.3, 0.4) is 0 Å². The third-order valence-electron chi connectivity index (χ3n) is 2.93. The van der Waals surface area contributed by atoms with E-state index in [9.17, 15) is 0 Å². The van der Waals surface area contributed by atoms with Crippen LogP contribution in [0, 0.1) is 0 Å². The average molecular weight is 320 g/mol. The van der Waals surface area contributed by atoms with E-state index in [0.29, 0.717) is 6.04 Å². The van der Waals surface area contributed by atoms with E-state index in [0.717, 1.165) is 22.5 Å². The molecule has 0 amide bonds. The summed E-state index contributed by atoms with van der Waals surface area (Å²) in [6.07, 6.45) is 0. The molecule has 0 heterocycles. The molecule has 100 valence electrons. The molecule has 0 aromatic heterocycles. The van der Waals surface area contributed by atoms with Crippen molar-refractivity contribution in [2.75, 3.05) is 6.54 Å². The fourth-order valence-electron chi connectivity index (χ4n) is 1.96. The van der Waals surface area contributed by atoms with Crippen LogP contribution in [0.25, 0.3) is 0 Å². The van der Waals surface area contributed by atoms with E-state index in [1.807, 2.05) is 42.5 Å². The smallest absolute Gasteiger partial charge is 0.128 e. The number of ether oxygens (including phenoxy) is 1. The highest BCUT2D eigenvalue weighted by molar-refractivity contribution is 9.10. The predicted octanol–water partition coefficient (Wildman–Crippen LogP) is 4.91. The first kappa shape index (κ1) is 14.1. The fraction of sp³-hybridized carbons (Fsp3) is 0.250. The molecule has 1 unspecified atom stereocenters. The molecule has 0 fully saturated rings. The first-order chi connectivity index (χ1) is 9.20. The van der Waals surface area contributed by atoms with Gasteiger partial charge in [-0.25, -0.2) is 0 Å². The summed E-state index contributed by atoms with van der Waals surface area (Å²) in [6.45, 7) is 5.22. The van der Waals surface area contributed by atoms with Crippen LogP contribution in [-0.4, -0.2) is 6.54 Å². The van der Waals surface area contributed by atoms with Crippen LogP contribution in [0.1, 0.15) is 25.5 Å². The Balaban J connectivity index is 2.15. The van der Waals surface area contributed by atoms with Crippen LogP contribution in [0.5, 0.6) is 11.5 Å². The standard InChI is InChI=1S/C16H18BrNO/c1-3-18-12(2)15-10-9-14(11-16(15)17)19-13-7-5-4-6-8-13/h4-12,18H,3H2,1-2H3. The molecular weight excluding hydrogens is 302 g/mol. The van der Waals surface area contributed by atoms with Crippen LogP contribution in [0.2, 0.25) is 0 Å². The number of benzene rings is 2. The quantitative estimate of drug-likeness (QED) is 0.845. The van der Waals surface area contributed by atoms with Gasteiger partial charge in [0.1, 0.15) is 11.5 Å². The van der Waals surface area contributed by atoms with E-state index < -0.39 is 0 Å². The molecule has 2 nitrogen and oxygen atoms in total. The molecule has 0 aliphatic carbocycles. The van der Waals surface area contributed by atoms with Crippen LogP contribution in [0.15, 0.2) is 53.0 Å². The van der Waals surface area contributed by atoms with Crippen molar-refractivity contribution < 1.29 is 4.74 Å². The highest BCUT2D eigenvalue weighted by Gasteiger charge is 2.09. The van der Waals surface area contributed by atoms with Gasteiger partial charge in [-0.1, -0.05) is 47.1 Å². The summed E-state index contributed by atoms with van der Waals surface area (Å²) in [5.41, 5.74) is 1.24. The van der Waals surface area contributed by atoms with Gasteiger partial charge >= 0.3 is 0 Å². The van der Waals surface area contributed by atoms with Crippen molar-refractivity contribution in [1.29, 1.82) is 0 Å². The second-order valence-electron chi connectivity index (χ2n) is 4.38. The third kappa shape index (κ3) is 3.82. The number of halogens is 1. The Kier molecular flexibility index (Phi) is 5.00. The van der Waals surface area contributed by atoms with Gasteiger partial charge in [-0.15, -0.1) is 0 Å². The Morgan fingerprint density at radius 1 is 1.11 bits per heavy atom. The molecule has 2 aromatic carbocycles. The van der Waals surface area contributed by atoms with Gasteiger partial charge in [0.2, 0.25) is 0 Å². The number of hydrogen-bond donors (Lipinski definition) is 1. The molecule has 1 N–H and O–H groups in total. The van der Waals surface area contributed by atoms with Crippen molar-refractivity contribution in [2.24, 2.45) is 0 Å². The van der Waals surface area contributed by atoms with E-state index >= 15 is 0 Å². The second-order valence-corrected chi connectivity index (χ2v) is 5.23. The topological polar surface area (TPSA) is 21.3 Å². The minimum atomic E-state index is 0.324. The minimum Gasteiger partial charge on any atom is -0.457 e. The zero-order valence-corrected chi connectivity index (χ0v) is 12.8. The highest BCUT2D eigenvalue weighted by atomic mass is 79.9. The van der Waals surface area contributed by atoms with Gasteiger partial charge in [-0.05, 0) is 43.3 Å². The van der Waals surface area contributed by atoms with Gasteiger partial charge in [-0.2, -0.15) is 0 Å². The van der Waals surface area contributed by atoms with Gasteiger partial charge in [0.25, 0.3) is 0 Å². The zero-order chi connectivity index (χ0) is 13.7. The second kappa shape index (κ2) is 6.73. The van der Waals surface area contributed by atoms with Crippen molar-refractivity contribution in [3.8, 4) is 11.5 Å². The summed E-state index contributed by atoms with van der Waals surface area (Å²) in [5, 5.41) is 3.40. The summed E-state index contributed by atoms with van der Waals surface area (Å²) in [7, 11) is 0. The van der Waals surface area contributed by atoms with Gasteiger partial charge in [-0.3, -0.25) is 0 Å². The molecule has 0 aliphatic rings. The minimum absolute atomic E-state index is 0.324. The molecule has 0 saturated heterocycles. The van der Waals surface area contributed by atoms with Gasteiger partial charge in [0.15, 0.2) is 0 Å². The SMILES string of the molecule is CCNC(C)c1ccc(Oc2ccccc2)cc1Br. The summed E-state index contributed by atoms with van der Waals surface area (Å²) in [5.74, 6) is 1.69. The Morgan fingerprint density at radius 2 is 1.84 bits per heavy atom. The molecule has 2 aromatic rings. The van der Waals surface area contributed by atoms with Crippen LogP contribution < -0.4 is 10.1 Å². The zero-order valence-electron chi connectivity index (χ0n) is 11.2. The number of rotatable bonds is 5. The van der Waals surface area contributed by atoms with Crippen molar-refractivity contribution in [3.05, 3.63) is 58.6 Å². The lowest BCUT2D eigenvalue weighted by Crippen LogP contribution is -2.17. The van der Waals surface area contributed by atoms with Crippen LogP contribution in [-0.2, 0) is 0 Å². The van der Waals surface area contributed by atoms with Gasteiger partial charge < -0.3 is 10.1 Å². The number of nitrogens with one attached hydrogen (secondary N) is 1. The first-order valence-corrected chi connectivity index (χ1v) is 7.25.